The fraction of sp³-hybridized carbons (Fsp3) is 0.400. The molecule has 0 fully saturated rings. The lowest BCUT2D eigenvalue weighted by molar-refractivity contribution is 0.118. The molecule has 1 nitrogen and oxygen atoms in total. The second-order valence-electron chi connectivity index (χ2n) is 2.84. The Morgan fingerprint density at radius 1 is 1.42 bits per heavy atom. The molecule has 0 aliphatic heterocycles. The number of methoxy groups -OCH3 is 1. The van der Waals surface area contributed by atoms with Gasteiger partial charge in [-0.25, -0.2) is 0 Å². The van der Waals surface area contributed by atoms with Crippen molar-refractivity contribution in [3.05, 3.63) is 33.4 Å². The molecular weight excluding hydrogens is 263 g/mol. The second kappa shape index (κ2) is 4.82. The van der Waals surface area contributed by atoms with Gasteiger partial charge in [-0.15, -0.1) is 0 Å². The number of benzene rings is 1. The summed E-state index contributed by atoms with van der Waals surface area (Å²) in [6.07, 6.45) is 1.30. The highest BCUT2D eigenvalue weighted by atomic mass is 127. The Kier molecular flexibility index (Phi) is 4.01. The zero-order valence-corrected chi connectivity index (χ0v) is 9.54. The van der Waals surface area contributed by atoms with E-state index < -0.39 is 0 Å². The Hall–Kier alpha value is -0.0900. The van der Waals surface area contributed by atoms with Gasteiger partial charge in [-0.1, -0.05) is 18.2 Å². The molecule has 1 aromatic carbocycles. The molecule has 0 aromatic heterocycles. The van der Waals surface area contributed by atoms with Crippen LogP contribution >= 0.6 is 22.6 Å². The first kappa shape index (κ1) is 9.99. The molecule has 0 saturated heterocycles. The normalized spacial score (nSPS) is 12.9. The molecule has 1 aromatic rings. The van der Waals surface area contributed by atoms with E-state index in [-0.39, 0.29) is 0 Å². The van der Waals surface area contributed by atoms with Crippen molar-refractivity contribution in [2.24, 2.45) is 0 Å². The quantitative estimate of drug-likeness (QED) is 0.771. The molecule has 0 heterocycles. The van der Waals surface area contributed by atoms with Gasteiger partial charge in [0.05, 0.1) is 6.10 Å². The number of hydrogen-bond acceptors (Lipinski definition) is 1. The van der Waals surface area contributed by atoms with Crippen molar-refractivity contribution < 1.29 is 4.74 Å². The van der Waals surface area contributed by atoms with Crippen LogP contribution in [0.1, 0.15) is 12.5 Å². The van der Waals surface area contributed by atoms with Crippen molar-refractivity contribution in [3.63, 3.8) is 0 Å². The van der Waals surface area contributed by atoms with Gasteiger partial charge in [0, 0.05) is 10.7 Å². The average molecular weight is 276 g/mol. The van der Waals surface area contributed by atoms with Gasteiger partial charge in [0.25, 0.3) is 0 Å². The molecule has 1 rings (SSSR count). The lowest BCUT2D eigenvalue weighted by atomic mass is 10.1. The molecule has 66 valence electrons. The molecule has 1 atom stereocenters. The summed E-state index contributed by atoms with van der Waals surface area (Å²) in [6.45, 7) is 2.09. The Morgan fingerprint density at radius 3 is 2.67 bits per heavy atom. The smallest absolute Gasteiger partial charge is 0.0583 e. The monoisotopic (exact) mass is 276 g/mol. The van der Waals surface area contributed by atoms with Crippen molar-refractivity contribution in [2.45, 2.75) is 19.4 Å². The summed E-state index contributed by atoms with van der Waals surface area (Å²) in [5, 5.41) is 0. The van der Waals surface area contributed by atoms with Gasteiger partial charge in [-0.2, -0.15) is 0 Å². The largest absolute Gasteiger partial charge is 0.381 e. The minimum absolute atomic E-state index is 0.306. The minimum Gasteiger partial charge on any atom is -0.381 e. The van der Waals surface area contributed by atoms with Gasteiger partial charge in [0.15, 0.2) is 0 Å². The summed E-state index contributed by atoms with van der Waals surface area (Å²) in [5.41, 5.74) is 1.37. The van der Waals surface area contributed by atoms with Gasteiger partial charge in [0.2, 0.25) is 0 Å². The standard InChI is InChI=1S/C10H13IO/c1-8(12-2)7-9-5-3-4-6-10(9)11/h3-6,8H,7H2,1-2H3/t8-/m0/s1. The van der Waals surface area contributed by atoms with Gasteiger partial charge in [-0.05, 0) is 47.6 Å². The van der Waals surface area contributed by atoms with E-state index in [0.29, 0.717) is 6.10 Å². The maximum Gasteiger partial charge on any atom is 0.0583 e. The SMILES string of the molecule is CO[C@@H](C)Cc1ccccc1I. The van der Waals surface area contributed by atoms with Crippen LogP contribution in [0.5, 0.6) is 0 Å². The minimum atomic E-state index is 0.306. The molecule has 12 heavy (non-hydrogen) atoms. The second-order valence-corrected chi connectivity index (χ2v) is 4.00. The zero-order valence-electron chi connectivity index (χ0n) is 7.38. The van der Waals surface area contributed by atoms with Crippen LogP contribution in [0.4, 0.5) is 0 Å². The number of rotatable bonds is 3. The van der Waals surface area contributed by atoms with Crippen LogP contribution in [0.25, 0.3) is 0 Å². The number of halogens is 1. The molecule has 0 aliphatic carbocycles. The molecule has 0 spiro atoms. The van der Waals surface area contributed by atoms with E-state index in [1.54, 1.807) is 7.11 Å². The summed E-state index contributed by atoms with van der Waals surface area (Å²) in [4.78, 5) is 0. The van der Waals surface area contributed by atoms with E-state index in [1.165, 1.54) is 9.13 Å². The predicted octanol–water partition coefficient (Wildman–Crippen LogP) is 2.87. The molecule has 0 bridgehead atoms. The van der Waals surface area contributed by atoms with E-state index in [4.69, 9.17) is 4.74 Å². The lowest BCUT2D eigenvalue weighted by Crippen LogP contribution is -2.09. The van der Waals surface area contributed by atoms with E-state index >= 15 is 0 Å². The first-order chi connectivity index (χ1) is 5.74. The third kappa shape index (κ3) is 2.75. The highest BCUT2D eigenvalue weighted by Gasteiger charge is 2.03. The van der Waals surface area contributed by atoms with E-state index in [9.17, 15) is 0 Å². The number of ether oxygens (including phenoxy) is 1. The van der Waals surface area contributed by atoms with Crippen molar-refractivity contribution in [1.29, 1.82) is 0 Å². The van der Waals surface area contributed by atoms with E-state index in [2.05, 4.69) is 53.8 Å². The Labute approximate surface area is 87.3 Å². The van der Waals surface area contributed by atoms with Crippen LogP contribution in [0.2, 0.25) is 0 Å². The molecule has 0 amide bonds. The molecule has 0 unspecified atom stereocenters. The van der Waals surface area contributed by atoms with E-state index in [1.807, 2.05) is 0 Å². The highest BCUT2D eigenvalue weighted by molar-refractivity contribution is 14.1. The summed E-state index contributed by atoms with van der Waals surface area (Å²) in [5.74, 6) is 0. The summed E-state index contributed by atoms with van der Waals surface area (Å²) < 4.78 is 6.52. The molecular formula is C10H13IO. The average Bonchev–Trinajstić information content (AvgIpc) is 2.09. The van der Waals surface area contributed by atoms with Crippen molar-refractivity contribution >= 4 is 22.6 Å². The van der Waals surface area contributed by atoms with Crippen molar-refractivity contribution in [3.8, 4) is 0 Å². The molecule has 0 N–H and O–H groups in total. The van der Waals surface area contributed by atoms with Crippen LogP contribution in [-0.4, -0.2) is 13.2 Å². The van der Waals surface area contributed by atoms with Crippen LogP contribution in [0, 0.1) is 3.57 Å². The summed E-state index contributed by atoms with van der Waals surface area (Å²) in [7, 11) is 1.75. The predicted molar refractivity (Wildman–Crippen MR) is 59.3 cm³/mol. The zero-order chi connectivity index (χ0) is 8.97. The van der Waals surface area contributed by atoms with Crippen molar-refractivity contribution in [2.75, 3.05) is 7.11 Å². The van der Waals surface area contributed by atoms with Crippen LogP contribution in [0.15, 0.2) is 24.3 Å². The van der Waals surface area contributed by atoms with Crippen molar-refractivity contribution in [1.82, 2.24) is 0 Å². The fourth-order valence-corrected chi connectivity index (χ4v) is 1.66. The first-order valence-electron chi connectivity index (χ1n) is 4.00. The Morgan fingerprint density at radius 2 is 2.08 bits per heavy atom. The highest BCUT2D eigenvalue weighted by Crippen LogP contribution is 2.13. The number of hydrogen-bond donors (Lipinski definition) is 0. The lowest BCUT2D eigenvalue weighted by Gasteiger charge is -2.10. The first-order valence-corrected chi connectivity index (χ1v) is 5.08. The Bertz CT molecular complexity index is 247. The maximum atomic E-state index is 5.21. The molecule has 0 saturated carbocycles. The summed E-state index contributed by atoms with van der Waals surface area (Å²) in [6, 6.07) is 8.40. The van der Waals surface area contributed by atoms with Gasteiger partial charge < -0.3 is 4.74 Å². The Balaban J connectivity index is 2.69. The molecule has 0 aliphatic rings. The topological polar surface area (TPSA) is 9.23 Å². The van der Waals surface area contributed by atoms with Crippen LogP contribution in [-0.2, 0) is 11.2 Å². The van der Waals surface area contributed by atoms with Gasteiger partial charge in [0.1, 0.15) is 0 Å². The summed E-state index contributed by atoms with van der Waals surface area (Å²) >= 11 is 2.35. The third-order valence-electron chi connectivity index (χ3n) is 1.87. The van der Waals surface area contributed by atoms with Crippen LogP contribution < -0.4 is 0 Å². The maximum absolute atomic E-state index is 5.21. The van der Waals surface area contributed by atoms with Gasteiger partial charge >= 0.3 is 0 Å². The van der Waals surface area contributed by atoms with Gasteiger partial charge in [-0.3, -0.25) is 0 Å². The third-order valence-corrected chi connectivity index (χ3v) is 2.92. The van der Waals surface area contributed by atoms with E-state index in [0.717, 1.165) is 6.42 Å². The fourth-order valence-electron chi connectivity index (χ4n) is 1.06. The molecule has 0 radical (unpaired) electrons. The molecule has 2 heteroatoms. The van der Waals surface area contributed by atoms with Crippen LogP contribution in [0.3, 0.4) is 0 Å².